The average Bonchev–Trinajstić information content (AvgIpc) is 2.74. The van der Waals surface area contributed by atoms with Crippen LogP contribution < -0.4 is 5.32 Å². The van der Waals surface area contributed by atoms with E-state index in [2.05, 4.69) is 31.3 Å². The number of hydrogen-bond donors (Lipinski definition) is 3. The van der Waals surface area contributed by atoms with E-state index in [-0.39, 0.29) is 19.1 Å². The van der Waals surface area contributed by atoms with Gasteiger partial charge in [-0.25, -0.2) is 4.57 Å². The van der Waals surface area contributed by atoms with Crippen LogP contribution in [0.1, 0.15) is 450 Å². The minimum Gasteiger partial charge on any atom is -0.387 e. The van der Waals surface area contributed by atoms with E-state index in [1.807, 2.05) is 27.2 Å². The predicted octanol–water partition coefficient (Wildman–Crippen LogP) is 27.4. The first-order valence-corrected chi connectivity index (χ1v) is 43.2. The van der Waals surface area contributed by atoms with Crippen molar-refractivity contribution in [1.82, 2.24) is 5.32 Å². The third kappa shape index (κ3) is 76.3. The van der Waals surface area contributed by atoms with Crippen molar-refractivity contribution in [2.75, 3.05) is 40.9 Å². The highest BCUT2D eigenvalue weighted by Crippen LogP contribution is 2.43. The van der Waals surface area contributed by atoms with E-state index in [1.54, 1.807) is 6.08 Å². The van der Waals surface area contributed by atoms with Crippen LogP contribution in [0.5, 0.6) is 0 Å². The number of quaternary nitrogens is 1. The maximum atomic E-state index is 13.1. The van der Waals surface area contributed by atoms with Gasteiger partial charge in [0.05, 0.1) is 39.9 Å². The van der Waals surface area contributed by atoms with Crippen molar-refractivity contribution < 1.29 is 32.9 Å². The number of nitrogens with one attached hydrogen (secondary N) is 1. The Morgan fingerprint density at radius 3 is 0.870 bits per heavy atom. The number of allylic oxidation sites excluding steroid dienone is 3. The van der Waals surface area contributed by atoms with Crippen LogP contribution in [0.15, 0.2) is 24.3 Å². The molecular weight excluding hydrogens is 1150 g/mol. The molecule has 3 atom stereocenters. The first kappa shape index (κ1) is 91.0. The number of likely N-dealkylation sites (N-methyl/N-ethyl adjacent to an activating group) is 1. The van der Waals surface area contributed by atoms with E-state index in [9.17, 15) is 19.4 Å². The molecule has 3 N–H and O–H groups in total. The molecule has 0 saturated heterocycles. The number of phosphoric acid groups is 1. The minimum absolute atomic E-state index is 0.0593. The number of carbonyl (C=O) groups is 1. The van der Waals surface area contributed by atoms with Crippen LogP contribution in [-0.4, -0.2) is 73.4 Å². The van der Waals surface area contributed by atoms with Crippen molar-refractivity contribution in [2.24, 2.45) is 0 Å². The largest absolute Gasteiger partial charge is 0.472 e. The summed E-state index contributed by atoms with van der Waals surface area (Å²) in [7, 11) is 1.58. The second kappa shape index (κ2) is 74.2. The number of nitrogens with zero attached hydrogens (tertiary/aromatic N) is 1. The summed E-state index contributed by atoms with van der Waals surface area (Å²) in [5.41, 5.74) is 0. The Kier molecular flexibility index (Phi) is 73.4. The fourth-order valence-corrected chi connectivity index (χ4v) is 14.0. The second-order valence-electron chi connectivity index (χ2n) is 30.2. The van der Waals surface area contributed by atoms with Gasteiger partial charge in [0.25, 0.3) is 0 Å². The van der Waals surface area contributed by atoms with E-state index >= 15 is 0 Å². The van der Waals surface area contributed by atoms with Gasteiger partial charge in [0.1, 0.15) is 13.2 Å². The highest BCUT2D eigenvalue weighted by Gasteiger charge is 2.28. The van der Waals surface area contributed by atoms with Gasteiger partial charge in [0.15, 0.2) is 0 Å². The SMILES string of the molecule is CCCCCCCCCCCCCCCCCCCCCCCCCCCC/C=C/CC/C=C/C(O)C(COP(=O)(O)OCC[N+](C)(C)C)NC(=O)CCCCCCCCCCCCCCCCCCCCCCCCCCCCCCCCCCCCCCCC. The van der Waals surface area contributed by atoms with Crippen LogP contribution in [0.25, 0.3) is 0 Å². The Hall–Kier alpha value is -1.02. The fraction of sp³-hybridized carbons (Fsp3) is 0.940. The zero-order valence-corrected chi connectivity index (χ0v) is 64.0. The molecule has 0 radical (unpaired) electrons. The van der Waals surface area contributed by atoms with E-state index in [0.717, 1.165) is 38.5 Å². The number of amides is 1. The Balaban J connectivity index is 3.93. The van der Waals surface area contributed by atoms with Gasteiger partial charge in [-0.1, -0.05) is 436 Å². The van der Waals surface area contributed by atoms with Crippen LogP contribution in [0, 0.1) is 0 Å². The van der Waals surface area contributed by atoms with Crippen molar-refractivity contribution in [1.29, 1.82) is 0 Å². The lowest BCUT2D eigenvalue weighted by Crippen LogP contribution is -2.45. The predicted molar refractivity (Wildman–Crippen MR) is 406 cm³/mol. The molecule has 0 rings (SSSR count). The zero-order chi connectivity index (χ0) is 66.9. The van der Waals surface area contributed by atoms with Crippen molar-refractivity contribution in [3.05, 3.63) is 24.3 Å². The molecule has 0 heterocycles. The molecule has 0 aliphatic carbocycles. The molecule has 0 bridgehead atoms. The van der Waals surface area contributed by atoms with Gasteiger partial charge >= 0.3 is 7.82 Å². The number of unbranched alkanes of at least 4 members (excludes halogenated alkanes) is 64. The van der Waals surface area contributed by atoms with Crippen molar-refractivity contribution >= 4 is 13.7 Å². The molecule has 0 aromatic heterocycles. The van der Waals surface area contributed by atoms with Crippen LogP contribution >= 0.6 is 7.82 Å². The topological polar surface area (TPSA) is 105 Å². The van der Waals surface area contributed by atoms with Gasteiger partial charge in [-0.2, -0.15) is 0 Å². The van der Waals surface area contributed by atoms with Crippen molar-refractivity contribution in [3.8, 4) is 0 Å². The van der Waals surface area contributed by atoms with E-state index < -0.39 is 20.0 Å². The molecule has 3 unspecified atom stereocenters. The van der Waals surface area contributed by atoms with E-state index in [4.69, 9.17) is 9.05 Å². The normalized spacial score (nSPS) is 13.5. The maximum absolute atomic E-state index is 13.1. The number of aliphatic hydroxyl groups is 1. The number of phosphoric ester groups is 1. The van der Waals surface area contributed by atoms with Gasteiger partial charge in [-0.3, -0.25) is 13.8 Å². The third-order valence-corrected chi connectivity index (χ3v) is 20.7. The number of aliphatic hydroxyl groups excluding tert-OH is 1. The lowest BCUT2D eigenvalue weighted by Gasteiger charge is -2.25. The molecule has 0 spiro atoms. The highest BCUT2D eigenvalue weighted by molar-refractivity contribution is 7.47. The molecular formula is C83H166N2O6P+. The zero-order valence-electron chi connectivity index (χ0n) is 63.1. The summed E-state index contributed by atoms with van der Waals surface area (Å²) in [6, 6.07) is -0.863. The van der Waals surface area contributed by atoms with Gasteiger partial charge < -0.3 is 19.8 Å². The van der Waals surface area contributed by atoms with Crippen LogP contribution in [0.4, 0.5) is 0 Å². The highest BCUT2D eigenvalue weighted by atomic mass is 31.2. The van der Waals surface area contributed by atoms with Gasteiger partial charge in [-0.15, -0.1) is 0 Å². The Morgan fingerprint density at radius 2 is 0.598 bits per heavy atom. The van der Waals surface area contributed by atoms with E-state index in [1.165, 1.54) is 392 Å². The van der Waals surface area contributed by atoms with Crippen LogP contribution in [-0.2, 0) is 18.4 Å². The molecule has 0 saturated carbocycles. The summed E-state index contributed by atoms with van der Waals surface area (Å²) in [6.07, 6.45) is 99.8. The maximum Gasteiger partial charge on any atom is 0.472 e. The number of carbonyl (C=O) groups excluding carboxylic acids is 1. The van der Waals surface area contributed by atoms with Crippen molar-refractivity contribution in [2.45, 2.75) is 463 Å². The molecule has 92 heavy (non-hydrogen) atoms. The summed E-state index contributed by atoms with van der Waals surface area (Å²) in [6.45, 7) is 4.88. The molecule has 1 amide bonds. The summed E-state index contributed by atoms with van der Waals surface area (Å²) in [4.78, 5) is 23.5. The summed E-state index contributed by atoms with van der Waals surface area (Å²) >= 11 is 0. The summed E-state index contributed by atoms with van der Waals surface area (Å²) in [5, 5.41) is 14.0. The smallest absolute Gasteiger partial charge is 0.387 e. The lowest BCUT2D eigenvalue weighted by molar-refractivity contribution is -0.870. The first-order chi connectivity index (χ1) is 45.0. The lowest BCUT2D eigenvalue weighted by atomic mass is 10.0. The van der Waals surface area contributed by atoms with Gasteiger partial charge in [0.2, 0.25) is 5.91 Å². The Labute approximate surface area is 576 Å². The summed E-state index contributed by atoms with van der Waals surface area (Å²) in [5.74, 6) is -0.176. The molecule has 0 fully saturated rings. The molecule has 0 aromatic rings. The molecule has 9 heteroatoms. The average molecular weight is 1320 g/mol. The molecule has 0 aromatic carbocycles. The van der Waals surface area contributed by atoms with Crippen molar-refractivity contribution in [3.63, 3.8) is 0 Å². The second-order valence-corrected chi connectivity index (χ2v) is 31.7. The van der Waals surface area contributed by atoms with Gasteiger partial charge in [0, 0.05) is 6.42 Å². The van der Waals surface area contributed by atoms with Crippen LogP contribution in [0.2, 0.25) is 0 Å². The standard InChI is InChI=1S/C83H165N2O6P/c1-6-8-10-12-14-16-18-20-22-24-26-28-30-32-34-36-38-40-41-42-43-44-45-47-49-51-53-55-57-59-61-63-65-67-69-71-73-75-77-83(87)84-81(80-91-92(88,89)90-79-78-85(3,4)5)82(86)76-74-72-70-68-66-64-62-60-58-56-54-52-50-48-46-39-37-35-33-31-29-27-25-23-21-19-17-15-13-11-9-7-2/h66,68,74,76,81-82,86H,6-65,67,69-73,75,77-80H2,1-5H3,(H-,84,87,88,89)/p+1/b68-66+,76-74+. The Morgan fingerprint density at radius 1 is 0.359 bits per heavy atom. The molecule has 0 aliphatic heterocycles. The van der Waals surface area contributed by atoms with Gasteiger partial charge in [-0.05, 0) is 32.1 Å². The summed E-state index contributed by atoms with van der Waals surface area (Å²) < 4.78 is 23.9. The molecule has 548 valence electrons. The fourth-order valence-electron chi connectivity index (χ4n) is 13.2. The first-order valence-electron chi connectivity index (χ1n) is 41.7. The monoisotopic (exact) mass is 1320 g/mol. The number of hydrogen-bond acceptors (Lipinski definition) is 5. The number of rotatable bonds is 79. The third-order valence-electron chi connectivity index (χ3n) is 19.7. The quantitative estimate of drug-likeness (QED) is 0.0243. The Bertz CT molecular complexity index is 1550. The van der Waals surface area contributed by atoms with Crippen LogP contribution in [0.3, 0.4) is 0 Å². The minimum atomic E-state index is -4.36. The molecule has 0 aliphatic rings. The van der Waals surface area contributed by atoms with E-state index in [0.29, 0.717) is 17.4 Å². The molecule has 8 nitrogen and oxygen atoms in total.